The van der Waals surface area contributed by atoms with Gasteiger partial charge in [-0.3, -0.25) is 9.58 Å². The van der Waals surface area contributed by atoms with Crippen LogP contribution in [0, 0.1) is 5.92 Å². The number of rotatable bonds is 6. The molecule has 0 spiro atoms. The summed E-state index contributed by atoms with van der Waals surface area (Å²) in [5, 5.41) is 16.4. The molecule has 41 heavy (non-hydrogen) atoms. The van der Waals surface area contributed by atoms with E-state index in [4.69, 9.17) is 0 Å². The van der Waals surface area contributed by atoms with E-state index in [0.717, 1.165) is 35.4 Å². The Morgan fingerprint density at radius 3 is 1.61 bits per heavy atom. The molecule has 4 aromatic rings. The van der Waals surface area contributed by atoms with Gasteiger partial charge in [-0.05, 0) is 72.8 Å². The zero-order valence-corrected chi connectivity index (χ0v) is 22.1. The Morgan fingerprint density at radius 2 is 1.20 bits per heavy atom. The maximum Gasteiger partial charge on any atom is 0.416 e. The molecule has 0 amide bonds. The van der Waals surface area contributed by atoms with Crippen molar-refractivity contribution in [2.24, 2.45) is 13.0 Å². The Labute approximate surface area is 233 Å². The predicted molar refractivity (Wildman–Crippen MR) is 140 cm³/mol. The van der Waals surface area contributed by atoms with Crippen molar-refractivity contribution in [2.75, 3.05) is 13.1 Å². The number of aryl methyl sites for hydroxylation is 1. The van der Waals surface area contributed by atoms with Crippen LogP contribution < -0.4 is 0 Å². The van der Waals surface area contributed by atoms with Crippen molar-refractivity contribution < 1.29 is 31.4 Å². The highest BCUT2D eigenvalue weighted by Gasteiger charge is 2.43. The fourth-order valence-corrected chi connectivity index (χ4v) is 5.46. The highest BCUT2D eigenvalue weighted by atomic mass is 19.4. The van der Waals surface area contributed by atoms with E-state index in [1.165, 1.54) is 24.3 Å². The number of aliphatic hydroxyl groups is 1. The van der Waals surface area contributed by atoms with Crippen molar-refractivity contribution in [3.8, 4) is 11.4 Å². The van der Waals surface area contributed by atoms with Gasteiger partial charge in [-0.25, -0.2) is 4.98 Å². The average Bonchev–Trinajstić information content (AvgIpc) is 3.39. The van der Waals surface area contributed by atoms with E-state index < -0.39 is 35.0 Å². The van der Waals surface area contributed by atoms with Crippen LogP contribution in [-0.2, 0) is 31.5 Å². The Kier molecular flexibility index (Phi) is 7.69. The lowest BCUT2D eigenvalue weighted by Gasteiger charge is -2.42. The summed E-state index contributed by atoms with van der Waals surface area (Å²) in [6.45, 7) is 1.84. The lowest BCUT2D eigenvalue weighted by Crippen LogP contribution is -2.44. The molecule has 1 fully saturated rings. The first-order valence-electron chi connectivity index (χ1n) is 13.1. The minimum atomic E-state index is -4.55. The SMILES string of the molecule is Cn1cnc(-c2ccc(CN3CCC(C(O)(c4ccc(C(F)(F)F)cc4)c4ccc(C(F)(F)F)cc4)CC3)cc2)n1. The summed E-state index contributed by atoms with van der Waals surface area (Å²) in [6.07, 6.45) is -6.49. The fourth-order valence-electron chi connectivity index (χ4n) is 5.46. The van der Waals surface area contributed by atoms with Crippen LogP contribution in [0.15, 0.2) is 79.1 Å². The first-order valence-corrected chi connectivity index (χ1v) is 13.1. The first-order chi connectivity index (χ1) is 19.3. The molecule has 216 valence electrons. The molecule has 0 aliphatic carbocycles. The summed E-state index contributed by atoms with van der Waals surface area (Å²) in [5.74, 6) is 0.204. The van der Waals surface area contributed by atoms with E-state index in [-0.39, 0.29) is 11.1 Å². The Morgan fingerprint density at radius 1 is 0.732 bits per heavy atom. The van der Waals surface area contributed by atoms with Gasteiger partial charge in [0.15, 0.2) is 5.82 Å². The Bertz CT molecular complexity index is 1400. The molecule has 2 heterocycles. The van der Waals surface area contributed by atoms with Crippen molar-refractivity contribution in [3.63, 3.8) is 0 Å². The minimum absolute atomic E-state index is 0.211. The van der Waals surface area contributed by atoms with Gasteiger partial charge in [0.2, 0.25) is 0 Å². The molecule has 0 radical (unpaired) electrons. The third-order valence-electron chi connectivity index (χ3n) is 7.70. The van der Waals surface area contributed by atoms with E-state index in [1.54, 1.807) is 18.1 Å². The van der Waals surface area contributed by atoms with Gasteiger partial charge in [-0.2, -0.15) is 31.4 Å². The molecule has 0 unspecified atom stereocenters. The number of aromatic nitrogens is 3. The largest absolute Gasteiger partial charge is 0.416 e. The number of hydrogen-bond acceptors (Lipinski definition) is 4. The van der Waals surface area contributed by atoms with Crippen molar-refractivity contribution >= 4 is 0 Å². The summed E-state index contributed by atoms with van der Waals surface area (Å²) in [5.41, 5.74) is -1.11. The van der Waals surface area contributed by atoms with Crippen LogP contribution in [0.2, 0.25) is 0 Å². The minimum Gasteiger partial charge on any atom is -0.380 e. The van der Waals surface area contributed by atoms with Gasteiger partial charge in [0.1, 0.15) is 11.9 Å². The fraction of sp³-hybridized carbons (Fsp3) is 0.333. The van der Waals surface area contributed by atoms with Crippen LogP contribution in [0.1, 0.15) is 40.7 Å². The normalized spacial score (nSPS) is 15.8. The van der Waals surface area contributed by atoms with E-state index in [0.29, 0.717) is 38.3 Å². The summed E-state index contributed by atoms with van der Waals surface area (Å²) in [4.78, 5) is 6.47. The number of nitrogens with zero attached hydrogens (tertiary/aromatic N) is 4. The van der Waals surface area contributed by atoms with E-state index in [2.05, 4.69) is 15.0 Å². The van der Waals surface area contributed by atoms with Gasteiger partial charge in [-0.15, -0.1) is 0 Å². The molecule has 5 rings (SSSR count). The topological polar surface area (TPSA) is 54.2 Å². The molecule has 1 N–H and O–H groups in total. The summed E-state index contributed by atoms with van der Waals surface area (Å²) in [7, 11) is 1.80. The number of benzene rings is 3. The lowest BCUT2D eigenvalue weighted by atomic mass is 9.71. The molecular formula is C30H28F6N4O. The summed E-state index contributed by atoms with van der Waals surface area (Å²) >= 11 is 0. The molecule has 0 saturated carbocycles. The zero-order chi connectivity index (χ0) is 29.4. The van der Waals surface area contributed by atoms with Crippen LogP contribution in [0.25, 0.3) is 11.4 Å². The molecule has 1 aliphatic rings. The quantitative estimate of drug-likeness (QED) is 0.262. The third-order valence-corrected chi connectivity index (χ3v) is 7.70. The highest BCUT2D eigenvalue weighted by Crippen LogP contribution is 2.44. The number of halogens is 6. The molecule has 3 aromatic carbocycles. The molecule has 1 saturated heterocycles. The second kappa shape index (κ2) is 10.9. The van der Waals surface area contributed by atoms with Crippen LogP contribution >= 0.6 is 0 Å². The van der Waals surface area contributed by atoms with Gasteiger partial charge >= 0.3 is 12.4 Å². The smallest absolute Gasteiger partial charge is 0.380 e. The van der Waals surface area contributed by atoms with Crippen molar-refractivity contribution in [1.29, 1.82) is 0 Å². The summed E-state index contributed by atoms with van der Waals surface area (Å²) < 4.78 is 80.8. The Balaban J connectivity index is 1.35. The van der Waals surface area contributed by atoms with E-state index >= 15 is 0 Å². The summed E-state index contributed by atoms with van der Waals surface area (Å²) in [6, 6.07) is 16.3. The maximum absolute atomic E-state index is 13.2. The van der Waals surface area contributed by atoms with Crippen LogP contribution in [0.3, 0.4) is 0 Å². The number of piperidine rings is 1. The number of likely N-dealkylation sites (tertiary alicyclic amines) is 1. The van der Waals surface area contributed by atoms with Gasteiger partial charge in [0.25, 0.3) is 0 Å². The molecule has 1 aromatic heterocycles. The monoisotopic (exact) mass is 574 g/mol. The molecule has 0 atom stereocenters. The van der Waals surface area contributed by atoms with Gasteiger partial charge in [0.05, 0.1) is 11.1 Å². The molecule has 11 heteroatoms. The molecule has 5 nitrogen and oxygen atoms in total. The Hall–Kier alpha value is -3.70. The maximum atomic E-state index is 13.2. The molecule has 1 aliphatic heterocycles. The molecule has 0 bridgehead atoms. The standard InChI is InChI=1S/C30H28F6N4O/c1-39-19-37-27(38-39)21-4-2-20(3-5-21)18-40-16-14-24(15-17-40)28(41,22-6-10-25(11-7-22)29(31,32)33)23-8-12-26(13-9-23)30(34,35)36/h2-13,19,24,41H,14-18H2,1H3. The van der Waals surface area contributed by atoms with Gasteiger partial charge in [0, 0.05) is 19.2 Å². The van der Waals surface area contributed by atoms with Crippen LogP contribution in [-0.4, -0.2) is 37.9 Å². The van der Waals surface area contributed by atoms with E-state index in [9.17, 15) is 31.4 Å². The van der Waals surface area contributed by atoms with Gasteiger partial charge in [-0.1, -0.05) is 48.5 Å². The van der Waals surface area contributed by atoms with Crippen molar-refractivity contribution in [1.82, 2.24) is 19.7 Å². The second-order valence-electron chi connectivity index (χ2n) is 10.4. The highest BCUT2D eigenvalue weighted by molar-refractivity contribution is 5.54. The third kappa shape index (κ3) is 6.15. The van der Waals surface area contributed by atoms with Crippen molar-refractivity contribution in [3.05, 3.63) is 107 Å². The predicted octanol–water partition coefficient (Wildman–Crippen LogP) is 6.67. The molecular weight excluding hydrogens is 546 g/mol. The first kappa shape index (κ1) is 28.8. The van der Waals surface area contributed by atoms with E-state index in [1.807, 2.05) is 24.3 Å². The lowest BCUT2D eigenvalue weighted by molar-refractivity contribution is -0.138. The van der Waals surface area contributed by atoms with Crippen LogP contribution in [0.5, 0.6) is 0 Å². The number of hydrogen-bond donors (Lipinski definition) is 1. The van der Waals surface area contributed by atoms with Gasteiger partial charge < -0.3 is 5.11 Å². The average molecular weight is 575 g/mol. The van der Waals surface area contributed by atoms with Crippen LogP contribution in [0.4, 0.5) is 26.3 Å². The zero-order valence-electron chi connectivity index (χ0n) is 22.1. The second-order valence-corrected chi connectivity index (χ2v) is 10.4. The van der Waals surface area contributed by atoms with Crippen molar-refractivity contribution in [2.45, 2.75) is 37.3 Å². The number of alkyl halides is 6.